The Labute approximate surface area is 112 Å². The third-order valence-corrected chi connectivity index (χ3v) is 2.82. The molecule has 0 fully saturated rings. The molecule has 0 saturated heterocycles. The molecule has 0 unspecified atom stereocenters. The van der Waals surface area contributed by atoms with Crippen LogP contribution in [0.25, 0.3) is 0 Å². The van der Waals surface area contributed by atoms with E-state index in [4.69, 9.17) is 0 Å². The van der Waals surface area contributed by atoms with Gasteiger partial charge in [0.15, 0.2) is 23.3 Å². The Hall–Kier alpha value is -2.11. The van der Waals surface area contributed by atoms with Crippen LogP contribution in [0.4, 0.5) is 27.6 Å². The number of hydrogen-bond donors (Lipinski definition) is 1. The third-order valence-electron chi connectivity index (χ3n) is 2.82. The fourth-order valence-electron chi connectivity index (χ4n) is 1.67. The Kier molecular flexibility index (Phi) is 3.92. The molecule has 0 aromatic heterocycles. The van der Waals surface area contributed by atoms with Crippen molar-refractivity contribution in [1.82, 2.24) is 0 Å². The molecule has 0 aliphatic carbocycles. The maximum atomic E-state index is 13.4. The first-order valence-corrected chi connectivity index (χ1v) is 5.72. The molecule has 0 radical (unpaired) electrons. The van der Waals surface area contributed by atoms with Crippen molar-refractivity contribution in [1.29, 1.82) is 0 Å². The average Bonchev–Trinajstić information content (AvgIpc) is 2.45. The van der Waals surface area contributed by atoms with Crippen molar-refractivity contribution in [3.63, 3.8) is 0 Å². The van der Waals surface area contributed by atoms with Crippen molar-refractivity contribution in [2.75, 3.05) is 5.32 Å². The number of nitrogens with one attached hydrogen (secondary N) is 1. The summed E-state index contributed by atoms with van der Waals surface area (Å²) >= 11 is 0. The first-order valence-electron chi connectivity index (χ1n) is 5.72. The lowest BCUT2D eigenvalue weighted by molar-refractivity contribution is 0.371. The summed E-state index contributed by atoms with van der Waals surface area (Å²) in [7, 11) is 0. The third kappa shape index (κ3) is 2.59. The summed E-state index contributed by atoms with van der Waals surface area (Å²) in [4.78, 5) is 0. The minimum Gasteiger partial charge on any atom is -0.381 e. The Morgan fingerprint density at radius 3 is 1.70 bits per heavy atom. The highest BCUT2D eigenvalue weighted by Gasteiger charge is 2.25. The van der Waals surface area contributed by atoms with E-state index >= 15 is 0 Å². The lowest BCUT2D eigenvalue weighted by Crippen LogP contribution is -2.11. The first-order chi connectivity index (χ1) is 9.41. The standard InChI is InChI=1S/C14H10F5N/c1-7-2-4-8(5-3-7)20-6-9-10(15)12(17)14(19)13(18)11(9)16/h2-5,20H,6H2,1H3. The highest BCUT2D eigenvalue weighted by molar-refractivity contribution is 5.45. The topological polar surface area (TPSA) is 12.0 Å². The van der Waals surface area contributed by atoms with Crippen LogP contribution in [0.5, 0.6) is 0 Å². The van der Waals surface area contributed by atoms with Crippen LogP contribution in [0.3, 0.4) is 0 Å². The van der Waals surface area contributed by atoms with Gasteiger partial charge in [0.1, 0.15) is 0 Å². The van der Waals surface area contributed by atoms with Crippen LogP contribution in [0.2, 0.25) is 0 Å². The van der Waals surface area contributed by atoms with Gasteiger partial charge in [0.25, 0.3) is 0 Å². The van der Waals surface area contributed by atoms with Crippen molar-refractivity contribution in [2.45, 2.75) is 13.5 Å². The number of rotatable bonds is 3. The van der Waals surface area contributed by atoms with Gasteiger partial charge < -0.3 is 5.32 Å². The Morgan fingerprint density at radius 2 is 1.20 bits per heavy atom. The van der Waals surface area contributed by atoms with Crippen molar-refractivity contribution in [2.24, 2.45) is 0 Å². The minimum atomic E-state index is -2.15. The molecule has 0 amide bonds. The average molecular weight is 287 g/mol. The predicted molar refractivity (Wildman–Crippen MR) is 64.7 cm³/mol. The molecule has 0 aliphatic heterocycles. The normalized spacial score (nSPS) is 10.7. The van der Waals surface area contributed by atoms with Gasteiger partial charge in [-0.3, -0.25) is 0 Å². The molecule has 20 heavy (non-hydrogen) atoms. The second-order valence-electron chi connectivity index (χ2n) is 4.27. The summed E-state index contributed by atoms with van der Waals surface area (Å²) in [6.45, 7) is 1.35. The summed E-state index contributed by atoms with van der Waals surface area (Å²) in [6, 6.07) is 6.78. The van der Waals surface area contributed by atoms with E-state index in [0.717, 1.165) is 5.56 Å². The zero-order valence-corrected chi connectivity index (χ0v) is 10.4. The smallest absolute Gasteiger partial charge is 0.200 e. The maximum Gasteiger partial charge on any atom is 0.200 e. The fraction of sp³-hybridized carbons (Fsp3) is 0.143. The predicted octanol–water partition coefficient (Wildman–Crippen LogP) is 4.30. The summed E-state index contributed by atoms with van der Waals surface area (Å²) in [6.07, 6.45) is 0. The van der Waals surface area contributed by atoms with Crippen LogP contribution >= 0.6 is 0 Å². The number of benzene rings is 2. The number of halogens is 5. The molecular formula is C14H10F5N. The van der Waals surface area contributed by atoms with Gasteiger partial charge in [-0.05, 0) is 19.1 Å². The van der Waals surface area contributed by atoms with E-state index in [1.165, 1.54) is 0 Å². The van der Waals surface area contributed by atoms with Gasteiger partial charge in [-0.2, -0.15) is 0 Å². The van der Waals surface area contributed by atoms with Crippen molar-refractivity contribution in [3.05, 3.63) is 64.5 Å². The summed E-state index contributed by atoms with van der Waals surface area (Å²) in [5.41, 5.74) is 0.605. The molecule has 2 aromatic rings. The summed E-state index contributed by atoms with van der Waals surface area (Å²) < 4.78 is 65.7. The van der Waals surface area contributed by atoms with E-state index in [1.54, 1.807) is 24.3 Å². The van der Waals surface area contributed by atoms with Crippen LogP contribution in [0.15, 0.2) is 24.3 Å². The van der Waals surface area contributed by atoms with Crippen LogP contribution in [-0.2, 0) is 6.54 Å². The molecule has 1 nitrogen and oxygen atoms in total. The van der Waals surface area contributed by atoms with Crippen LogP contribution in [-0.4, -0.2) is 0 Å². The largest absolute Gasteiger partial charge is 0.381 e. The van der Waals surface area contributed by atoms with Gasteiger partial charge in [0, 0.05) is 17.8 Å². The van der Waals surface area contributed by atoms with Gasteiger partial charge in [-0.25, -0.2) is 22.0 Å². The Balaban J connectivity index is 2.28. The molecule has 2 aromatic carbocycles. The van der Waals surface area contributed by atoms with Gasteiger partial charge >= 0.3 is 0 Å². The second kappa shape index (κ2) is 5.48. The first kappa shape index (κ1) is 14.3. The van der Waals surface area contributed by atoms with E-state index < -0.39 is 41.2 Å². The van der Waals surface area contributed by atoms with Crippen LogP contribution in [0.1, 0.15) is 11.1 Å². The molecule has 1 N–H and O–H groups in total. The van der Waals surface area contributed by atoms with Crippen LogP contribution < -0.4 is 5.32 Å². The fourth-order valence-corrected chi connectivity index (χ4v) is 1.67. The van der Waals surface area contributed by atoms with Crippen molar-refractivity contribution < 1.29 is 22.0 Å². The van der Waals surface area contributed by atoms with E-state index in [-0.39, 0.29) is 0 Å². The summed E-state index contributed by atoms with van der Waals surface area (Å²) in [5, 5.41) is 2.61. The molecule has 0 bridgehead atoms. The van der Waals surface area contributed by atoms with Crippen molar-refractivity contribution in [3.8, 4) is 0 Å². The van der Waals surface area contributed by atoms with Gasteiger partial charge in [-0.15, -0.1) is 0 Å². The van der Waals surface area contributed by atoms with Crippen LogP contribution in [0, 0.1) is 36.0 Å². The molecule has 0 saturated carbocycles. The van der Waals surface area contributed by atoms with E-state index in [0.29, 0.717) is 5.69 Å². The number of hydrogen-bond acceptors (Lipinski definition) is 1. The molecular weight excluding hydrogens is 277 g/mol. The maximum absolute atomic E-state index is 13.4. The van der Waals surface area contributed by atoms with Gasteiger partial charge in [-0.1, -0.05) is 17.7 Å². The highest BCUT2D eigenvalue weighted by Crippen LogP contribution is 2.23. The SMILES string of the molecule is Cc1ccc(NCc2c(F)c(F)c(F)c(F)c2F)cc1. The van der Waals surface area contributed by atoms with E-state index in [1.807, 2.05) is 6.92 Å². The Bertz CT molecular complexity index is 608. The van der Waals surface area contributed by atoms with E-state index in [9.17, 15) is 22.0 Å². The summed E-state index contributed by atoms with van der Waals surface area (Å²) in [5.74, 6) is -9.67. The second-order valence-corrected chi connectivity index (χ2v) is 4.27. The Morgan fingerprint density at radius 1 is 0.750 bits per heavy atom. The molecule has 0 aliphatic rings. The highest BCUT2D eigenvalue weighted by atomic mass is 19.2. The van der Waals surface area contributed by atoms with Crippen molar-refractivity contribution >= 4 is 5.69 Å². The zero-order valence-electron chi connectivity index (χ0n) is 10.4. The minimum absolute atomic E-state index is 0.505. The molecule has 106 valence electrons. The zero-order chi connectivity index (χ0) is 14.9. The number of aryl methyl sites for hydroxylation is 1. The lowest BCUT2D eigenvalue weighted by Gasteiger charge is -2.10. The number of anilines is 1. The monoisotopic (exact) mass is 287 g/mol. The molecule has 0 spiro atoms. The quantitative estimate of drug-likeness (QED) is 0.504. The van der Waals surface area contributed by atoms with E-state index in [2.05, 4.69) is 5.32 Å². The lowest BCUT2D eigenvalue weighted by atomic mass is 10.1. The van der Waals surface area contributed by atoms with Gasteiger partial charge in [0.05, 0.1) is 0 Å². The molecule has 2 rings (SSSR count). The molecule has 0 atom stereocenters. The molecule has 6 heteroatoms. The molecule has 0 heterocycles. The van der Waals surface area contributed by atoms with Gasteiger partial charge in [0.2, 0.25) is 5.82 Å².